The summed E-state index contributed by atoms with van der Waals surface area (Å²) in [6, 6.07) is 4.16. The highest BCUT2D eigenvalue weighted by Crippen LogP contribution is 2.35. The van der Waals surface area contributed by atoms with Crippen LogP contribution in [0.3, 0.4) is 0 Å². The van der Waals surface area contributed by atoms with Crippen LogP contribution in [0.1, 0.15) is 23.2 Å². The van der Waals surface area contributed by atoms with E-state index in [-0.39, 0.29) is 17.1 Å². The van der Waals surface area contributed by atoms with Crippen molar-refractivity contribution in [3.05, 3.63) is 23.8 Å². The zero-order valence-electron chi connectivity index (χ0n) is 9.57. The van der Waals surface area contributed by atoms with Gasteiger partial charge in [0.05, 0.1) is 12.2 Å². The van der Waals surface area contributed by atoms with E-state index in [2.05, 4.69) is 4.74 Å². The SMILES string of the molecule is NC(=O)c1cccc(OC(F)F)c1OCC1CC1. The van der Waals surface area contributed by atoms with Gasteiger partial charge in [-0.25, -0.2) is 0 Å². The Balaban J connectivity index is 2.24. The summed E-state index contributed by atoms with van der Waals surface area (Å²) in [4.78, 5) is 11.2. The molecular weight excluding hydrogens is 244 g/mol. The summed E-state index contributed by atoms with van der Waals surface area (Å²) in [6.07, 6.45) is 2.09. The molecule has 1 saturated carbocycles. The van der Waals surface area contributed by atoms with Crippen LogP contribution in [-0.4, -0.2) is 19.1 Å². The molecular formula is C12H13F2NO3. The molecule has 18 heavy (non-hydrogen) atoms. The Hall–Kier alpha value is -1.85. The number of hydrogen-bond donors (Lipinski definition) is 1. The summed E-state index contributed by atoms with van der Waals surface area (Å²) < 4.78 is 34.2. The molecule has 1 aromatic rings. The van der Waals surface area contributed by atoms with Gasteiger partial charge in [-0.2, -0.15) is 8.78 Å². The van der Waals surface area contributed by atoms with Gasteiger partial charge in [0.2, 0.25) is 0 Å². The number of rotatable bonds is 6. The number of halogens is 2. The number of carbonyl (C=O) groups excluding carboxylic acids is 1. The smallest absolute Gasteiger partial charge is 0.387 e. The van der Waals surface area contributed by atoms with E-state index in [0.29, 0.717) is 12.5 Å². The van der Waals surface area contributed by atoms with E-state index >= 15 is 0 Å². The first-order valence-corrected chi connectivity index (χ1v) is 5.58. The van der Waals surface area contributed by atoms with E-state index < -0.39 is 12.5 Å². The maximum atomic E-state index is 12.3. The minimum atomic E-state index is -2.98. The standard InChI is InChI=1S/C12H13F2NO3/c13-12(14)18-9-3-1-2-8(11(15)16)10(9)17-6-7-4-5-7/h1-3,7,12H,4-6H2,(H2,15,16). The van der Waals surface area contributed by atoms with E-state index in [9.17, 15) is 13.6 Å². The highest BCUT2D eigenvalue weighted by molar-refractivity contribution is 5.96. The van der Waals surface area contributed by atoms with E-state index in [1.54, 1.807) is 0 Å². The third kappa shape index (κ3) is 3.09. The molecule has 0 bridgehead atoms. The molecule has 0 aliphatic heterocycles. The average molecular weight is 257 g/mol. The van der Waals surface area contributed by atoms with Gasteiger partial charge in [-0.15, -0.1) is 0 Å². The molecule has 0 aromatic heterocycles. The molecule has 1 fully saturated rings. The molecule has 1 aromatic carbocycles. The zero-order valence-corrected chi connectivity index (χ0v) is 9.57. The Kier molecular flexibility index (Phi) is 3.64. The molecule has 6 heteroatoms. The molecule has 0 saturated heterocycles. The molecule has 2 N–H and O–H groups in total. The molecule has 0 unspecified atom stereocenters. The van der Waals surface area contributed by atoms with Crippen molar-refractivity contribution < 1.29 is 23.0 Å². The number of benzene rings is 1. The predicted molar refractivity (Wildman–Crippen MR) is 59.8 cm³/mol. The van der Waals surface area contributed by atoms with Gasteiger partial charge in [0.25, 0.3) is 5.91 Å². The second kappa shape index (κ2) is 5.20. The zero-order chi connectivity index (χ0) is 13.1. The Morgan fingerprint density at radius 2 is 2.17 bits per heavy atom. The highest BCUT2D eigenvalue weighted by Gasteiger charge is 2.24. The van der Waals surface area contributed by atoms with Crippen LogP contribution < -0.4 is 15.2 Å². The Morgan fingerprint density at radius 3 is 2.72 bits per heavy atom. The van der Waals surface area contributed by atoms with Gasteiger partial charge in [-0.05, 0) is 30.9 Å². The fraction of sp³-hybridized carbons (Fsp3) is 0.417. The molecule has 2 rings (SSSR count). The van der Waals surface area contributed by atoms with Crippen molar-refractivity contribution >= 4 is 5.91 Å². The Bertz CT molecular complexity index is 447. The monoisotopic (exact) mass is 257 g/mol. The van der Waals surface area contributed by atoms with Crippen molar-refractivity contribution in [3.63, 3.8) is 0 Å². The summed E-state index contributed by atoms with van der Waals surface area (Å²) >= 11 is 0. The molecule has 4 nitrogen and oxygen atoms in total. The number of alkyl halides is 2. The van der Waals surface area contributed by atoms with Crippen LogP contribution in [-0.2, 0) is 0 Å². The Morgan fingerprint density at radius 1 is 1.44 bits per heavy atom. The number of para-hydroxylation sites is 1. The van der Waals surface area contributed by atoms with E-state index in [1.165, 1.54) is 18.2 Å². The minimum absolute atomic E-state index is 0.00259. The number of amides is 1. The van der Waals surface area contributed by atoms with Gasteiger partial charge in [0.1, 0.15) is 0 Å². The lowest BCUT2D eigenvalue weighted by Crippen LogP contribution is -2.15. The molecule has 0 atom stereocenters. The van der Waals surface area contributed by atoms with Crippen LogP contribution in [0.2, 0.25) is 0 Å². The topological polar surface area (TPSA) is 61.6 Å². The van der Waals surface area contributed by atoms with Crippen molar-refractivity contribution in [2.45, 2.75) is 19.5 Å². The second-order valence-electron chi connectivity index (χ2n) is 4.13. The summed E-state index contributed by atoms with van der Waals surface area (Å²) in [5.74, 6) is -0.481. The van der Waals surface area contributed by atoms with E-state index in [1.807, 2.05) is 0 Å². The van der Waals surface area contributed by atoms with E-state index in [0.717, 1.165) is 12.8 Å². The molecule has 1 aliphatic rings. The van der Waals surface area contributed by atoms with Gasteiger partial charge >= 0.3 is 6.61 Å². The maximum absolute atomic E-state index is 12.3. The van der Waals surface area contributed by atoms with Gasteiger partial charge in [-0.3, -0.25) is 4.79 Å². The summed E-state index contributed by atoms with van der Waals surface area (Å²) in [6.45, 7) is -2.60. The van der Waals surface area contributed by atoms with Crippen LogP contribution in [0.15, 0.2) is 18.2 Å². The quantitative estimate of drug-likeness (QED) is 0.849. The van der Waals surface area contributed by atoms with Crippen molar-refractivity contribution in [2.24, 2.45) is 11.7 Å². The third-order valence-electron chi connectivity index (χ3n) is 2.62. The Labute approximate surface area is 103 Å². The van der Waals surface area contributed by atoms with Crippen LogP contribution in [0, 0.1) is 5.92 Å². The summed E-state index contributed by atoms with van der Waals surface area (Å²) in [5, 5.41) is 0. The van der Waals surface area contributed by atoms with Crippen LogP contribution in [0.5, 0.6) is 11.5 Å². The van der Waals surface area contributed by atoms with Crippen LogP contribution in [0.25, 0.3) is 0 Å². The first kappa shape index (κ1) is 12.6. The predicted octanol–water partition coefficient (Wildman–Crippen LogP) is 2.18. The van der Waals surface area contributed by atoms with Crippen molar-refractivity contribution in [3.8, 4) is 11.5 Å². The van der Waals surface area contributed by atoms with Crippen LogP contribution in [0.4, 0.5) is 8.78 Å². The fourth-order valence-electron chi connectivity index (χ4n) is 1.53. The molecule has 0 heterocycles. The van der Waals surface area contributed by atoms with E-state index in [4.69, 9.17) is 10.5 Å². The summed E-state index contributed by atoms with van der Waals surface area (Å²) in [5.41, 5.74) is 5.22. The van der Waals surface area contributed by atoms with Gasteiger partial charge in [-0.1, -0.05) is 6.07 Å². The first-order chi connectivity index (χ1) is 8.58. The number of carbonyl (C=O) groups is 1. The molecule has 98 valence electrons. The molecule has 1 aliphatic carbocycles. The first-order valence-electron chi connectivity index (χ1n) is 5.58. The van der Waals surface area contributed by atoms with Crippen molar-refractivity contribution in [2.75, 3.05) is 6.61 Å². The average Bonchev–Trinajstić information content (AvgIpc) is 3.10. The van der Waals surface area contributed by atoms with Crippen LogP contribution >= 0.6 is 0 Å². The largest absolute Gasteiger partial charge is 0.489 e. The highest BCUT2D eigenvalue weighted by atomic mass is 19.3. The fourth-order valence-corrected chi connectivity index (χ4v) is 1.53. The van der Waals surface area contributed by atoms with Gasteiger partial charge in [0.15, 0.2) is 11.5 Å². The molecule has 0 radical (unpaired) electrons. The third-order valence-corrected chi connectivity index (χ3v) is 2.62. The lowest BCUT2D eigenvalue weighted by Gasteiger charge is -2.14. The van der Waals surface area contributed by atoms with Gasteiger partial charge in [0, 0.05) is 0 Å². The molecule has 0 spiro atoms. The lowest BCUT2D eigenvalue weighted by molar-refractivity contribution is -0.0516. The lowest BCUT2D eigenvalue weighted by atomic mass is 10.1. The van der Waals surface area contributed by atoms with Crippen molar-refractivity contribution in [1.82, 2.24) is 0 Å². The number of hydrogen-bond acceptors (Lipinski definition) is 3. The van der Waals surface area contributed by atoms with Crippen molar-refractivity contribution in [1.29, 1.82) is 0 Å². The molecule has 1 amide bonds. The number of ether oxygens (including phenoxy) is 2. The number of nitrogens with two attached hydrogens (primary N) is 1. The summed E-state index contributed by atoms with van der Waals surface area (Å²) in [7, 11) is 0. The number of primary amides is 1. The normalized spacial score (nSPS) is 14.6. The minimum Gasteiger partial charge on any atom is -0.489 e. The maximum Gasteiger partial charge on any atom is 0.387 e. The second-order valence-corrected chi connectivity index (χ2v) is 4.13. The van der Waals surface area contributed by atoms with Gasteiger partial charge < -0.3 is 15.2 Å².